The Labute approximate surface area is 104 Å². The fourth-order valence-electron chi connectivity index (χ4n) is 2.00. The molecule has 0 amide bonds. The Morgan fingerprint density at radius 2 is 1.24 bits per heavy atom. The summed E-state index contributed by atoms with van der Waals surface area (Å²) in [6.07, 6.45) is 2.08. The van der Waals surface area contributed by atoms with Gasteiger partial charge >= 0.3 is 0 Å². The van der Waals surface area contributed by atoms with Gasteiger partial charge in [0, 0.05) is 0 Å². The maximum Gasteiger partial charge on any atom is 0.0891 e. The van der Waals surface area contributed by atoms with E-state index in [0.29, 0.717) is 19.3 Å². The van der Waals surface area contributed by atoms with E-state index >= 15 is 0 Å². The first-order chi connectivity index (χ1) is 7.89. The quantitative estimate of drug-likeness (QED) is 0.823. The van der Waals surface area contributed by atoms with Crippen LogP contribution in [0.3, 0.4) is 0 Å². The van der Waals surface area contributed by atoms with Crippen LogP contribution in [0.2, 0.25) is 0 Å². The number of rotatable bonds is 5. The predicted molar refractivity (Wildman–Crippen MR) is 70.8 cm³/mol. The van der Waals surface area contributed by atoms with Crippen LogP contribution >= 0.6 is 0 Å². The summed E-state index contributed by atoms with van der Waals surface area (Å²) in [6.45, 7) is 7.75. The van der Waals surface area contributed by atoms with Crippen LogP contribution in [-0.4, -0.2) is 10.2 Å². The third-order valence-corrected chi connectivity index (χ3v) is 3.90. The Balaban J connectivity index is 3.03. The van der Waals surface area contributed by atoms with Crippen LogP contribution in [0.15, 0.2) is 24.3 Å². The molecule has 0 bridgehead atoms. The lowest BCUT2D eigenvalue weighted by atomic mass is 9.86. The van der Waals surface area contributed by atoms with Crippen molar-refractivity contribution in [3.05, 3.63) is 35.4 Å². The lowest BCUT2D eigenvalue weighted by Crippen LogP contribution is -2.24. The minimum Gasteiger partial charge on any atom is -0.385 e. The van der Waals surface area contributed by atoms with Crippen LogP contribution in [0, 0.1) is 0 Å². The second-order valence-electron chi connectivity index (χ2n) is 4.94. The summed E-state index contributed by atoms with van der Waals surface area (Å²) >= 11 is 0. The number of aliphatic hydroxyl groups is 2. The molecule has 0 fully saturated rings. The molecule has 0 heterocycles. The lowest BCUT2D eigenvalue weighted by Gasteiger charge is -2.27. The molecule has 2 nitrogen and oxygen atoms in total. The zero-order valence-corrected chi connectivity index (χ0v) is 11.3. The van der Waals surface area contributed by atoms with Crippen molar-refractivity contribution < 1.29 is 10.2 Å². The van der Waals surface area contributed by atoms with Crippen molar-refractivity contribution in [2.45, 2.75) is 58.2 Å². The molecule has 1 atom stereocenters. The van der Waals surface area contributed by atoms with Crippen molar-refractivity contribution in [2.75, 3.05) is 0 Å². The SMILES string of the molecule is CCC(C)(O)c1ccc(C(O)(CC)CC)cc1. The fourth-order valence-corrected chi connectivity index (χ4v) is 2.00. The van der Waals surface area contributed by atoms with E-state index in [4.69, 9.17) is 0 Å². The molecule has 0 aliphatic heterocycles. The molecule has 0 spiro atoms. The second kappa shape index (κ2) is 5.19. The van der Waals surface area contributed by atoms with Crippen LogP contribution in [0.25, 0.3) is 0 Å². The minimum atomic E-state index is -0.783. The molecule has 2 N–H and O–H groups in total. The summed E-state index contributed by atoms with van der Waals surface area (Å²) in [7, 11) is 0. The zero-order chi connectivity index (χ0) is 13.1. The Morgan fingerprint density at radius 1 is 0.824 bits per heavy atom. The molecule has 1 unspecified atom stereocenters. The molecule has 0 saturated heterocycles. The number of hydrogen-bond acceptors (Lipinski definition) is 2. The highest BCUT2D eigenvalue weighted by Gasteiger charge is 2.26. The highest BCUT2D eigenvalue weighted by molar-refractivity contribution is 5.30. The van der Waals surface area contributed by atoms with E-state index in [1.807, 2.05) is 52.0 Å². The maximum absolute atomic E-state index is 10.4. The molecular formula is C15H24O2. The van der Waals surface area contributed by atoms with E-state index in [1.54, 1.807) is 0 Å². The van der Waals surface area contributed by atoms with Gasteiger partial charge in [0.25, 0.3) is 0 Å². The van der Waals surface area contributed by atoms with Crippen LogP contribution in [-0.2, 0) is 11.2 Å². The van der Waals surface area contributed by atoms with Gasteiger partial charge in [-0.25, -0.2) is 0 Å². The van der Waals surface area contributed by atoms with Gasteiger partial charge in [0.2, 0.25) is 0 Å². The molecule has 1 rings (SSSR count). The van der Waals surface area contributed by atoms with Crippen molar-refractivity contribution in [2.24, 2.45) is 0 Å². The van der Waals surface area contributed by atoms with Crippen molar-refractivity contribution in [1.29, 1.82) is 0 Å². The van der Waals surface area contributed by atoms with E-state index in [0.717, 1.165) is 11.1 Å². The summed E-state index contributed by atoms with van der Waals surface area (Å²) in [5.74, 6) is 0. The molecule has 0 saturated carbocycles. The van der Waals surface area contributed by atoms with Gasteiger partial charge in [-0.2, -0.15) is 0 Å². The number of hydrogen-bond donors (Lipinski definition) is 2. The zero-order valence-electron chi connectivity index (χ0n) is 11.3. The Morgan fingerprint density at radius 3 is 1.59 bits per heavy atom. The van der Waals surface area contributed by atoms with Gasteiger partial charge in [-0.05, 0) is 37.3 Å². The number of benzene rings is 1. The molecule has 96 valence electrons. The summed E-state index contributed by atoms with van der Waals surface area (Å²) in [4.78, 5) is 0. The smallest absolute Gasteiger partial charge is 0.0891 e. The van der Waals surface area contributed by atoms with E-state index in [-0.39, 0.29) is 0 Å². The van der Waals surface area contributed by atoms with Gasteiger partial charge in [0.15, 0.2) is 0 Å². The highest BCUT2D eigenvalue weighted by atomic mass is 16.3. The van der Waals surface area contributed by atoms with Gasteiger partial charge in [-0.1, -0.05) is 45.0 Å². The van der Waals surface area contributed by atoms with E-state index < -0.39 is 11.2 Å². The van der Waals surface area contributed by atoms with Gasteiger partial charge in [0.1, 0.15) is 0 Å². The molecule has 1 aromatic carbocycles. The largest absolute Gasteiger partial charge is 0.385 e. The first-order valence-corrected chi connectivity index (χ1v) is 6.45. The summed E-state index contributed by atoms with van der Waals surface area (Å²) in [5.41, 5.74) is 0.308. The van der Waals surface area contributed by atoms with Gasteiger partial charge in [-0.3, -0.25) is 0 Å². The molecule has 0 aliphatic carbocycles. The van der Waals surface area contributed by atoms with Crippen molar-refractivity contribution in [1.82, 2.24) is 0 Å². The maximum atomic E-state index is 10.4. The average molecular weight is 236 g/mol. The Hall–Kier alpha value is -0.860. The van der Waals surface area contributed by atoms with Crippen molar-refractivity contribution in [3.8, 4) is 0 Å². The highest BCUT2D eigenvalue weighted by Crippen LogP contribution is 2.31. The third kappa shape index (κ3) is 2.88. The van der Waals surface area contributed by atoms with Crippen LogP contribution in [0.1, 0.15) is 58.1 Å². The monoisotopic (exact) mass is 236 g/mol. The van der Waals surface area contributed by atoms with Gasteiger partial charge < -0.3 is 10.2 Å². The topological polar surface area (TPSA) is 40.5 Å². The normalized spacial score (nSPS) is 15.6. The van der Waals surface area contributed by atoms with Crippen LogP contribution in [0.4, 0.5) is 0 Å². The second-order valence-corrected chi connectivity index (χ2v) is 4.94. The minimum absolute atomic E-state index is 0.679. The molecule has 2 heteroatoms. The van der Waals surface area contributed by atoms with Gasteiger partial charge in [-0.15, -0.1) is 0 Å². The molecule has 0 aliphatic rings. The van der Waals surface area contributed by atoms with E-state index in [2.05, 4.69) is 0 Å². The standard InChI is InChI=1S/C15H24O2/c1-5-14(4,16)12-8-10-13(11-9-12)15(17,6-2)7-3/h8-11,16-17H,5-7H2,1-4H3. The molecule has 1 aromatic rings. The van der Waals surface area contributed by atoms with Crippen LogP contribution in [0.5, 0.6) is 0 Å². The fraction of sp³-hybridized carbons (Fsp3) is 0.600. The Bertz CT molecular complexity index is 348. The van der Waals surface area contributed by atoms with E-state index in [9.17, 15) is 10.2 Å². The third-order valence-electron chi connectivity index (χ3n) is 3.90. The van der Waals surface area contributed by atoms with Gasteiger partial charge in [0.05, 0.1) is 11.2 Å². The molecule has 17 heavy (non-hydrogen) atoms. The van der Waals surface area contributed by atoms with Crippen molar-refractivity contribution >= 4 is 0 Å². The van der Waals surface area contributed by atoms with Crippen LogP contribution < -0.4 is 0 Å². The summed E-state index contributed by atoms with van der Waals surface area (Å²) < 4.78 is 0. The molecule has 0 aromatic heterocycles. The first-order valence-electron chi connectivity index (χ1n) is 6.45. The average Bonchev–Trinajstić information content (AvgIpc) is 2.38. The van der Waals surface area contributed by atoms with E-state index in [1.165, 1.54) is 0 Å². The van der Waals surface area contributed by atoms with Crippen molar-refractivity contribution in [3.63, 3.8) is 0 Å². The molecular weight excluding hydrogens is 212 g/mol. The lowest BCUT2D eigenvalue weighted by molar-refractivity contribution is 0.0278. The summed E-state index contributed by atoms with van der Waals surface area (Å²) in [5, 5.41) is 20.5. The summed E-state index contributed by atoms with van der Waals surface area (Å²) in [6, 6.07) is 7.67. The molecule has 0 radical (unpaired) electrons. The predicted octanol–water partition coefficient (Wildman–Crippen LogP) is 3.31. The first kappa shape index (κ1) is 14.2. The Kier molecular flexibility index (Phi) is 4.34.